The Morgan fingerprint density at radius 2 is 1.80 bits per heavy atom. The number of rotatable bonds is 5. The molecule has 130 valence electrons. The standard InChI is InChI=1S/C17H16ClN3O3S/c1-11-5-3-4-6-15(11)16-19-17(24-20-16)12(2)21-25(22,23)14-9-7-13(18)8-10-14/h3-10,12,21H,1-2H3/t12-/m1/s1. The van der Waals surface area contributed by atoms with E-state index in [0.717, 1.165) is 11.1 Å². The minimum atomic E-state index is -3.72. The zero-order chi connectivity index (χ0) is 18.0. The van der Waals surface area contributed by atoms with E-state index in [2.05, 4.69) is 14.9 Å². The molecule has 1 atom stereocenters. The molecule has 0 radical (unpaired) electrons. The van der Waals surface area contributed by atoms with Gasteiger partial charge in [-0.1, -0.05) is 41.0 Å². The molecule has 0 saturated carbocycles. The van der Waals surface area contributed by atoms with Gasteiger partial charge in [0.05, 0.1) is 10.9 Å². The quantitative estimate of drug-likeness (QED) is 0.732. The van der Waals surface area contributed by atoms with Crippen molar-refractivity contribution in [3.8, 4) is 11.4 Å². The molecule has 3 aromatic rings. The first-order valence-corrected chi connectivity index (χ1v) is 9.40. The van der Waals surface area contributed by atoms with Crippen molar-refractivity contribution in [2.75, 3.05) is 0 Å². The van der Waals surface area contributed by atoms with Crippen LogP contribution < -0.4 is 4.72 Å². The normalized spacial score (nSPS) is 12.9. The second-order valence-electron chi connectivity index (χ2n) is 5.57. The van der Waals surface area contributed by atoms with Gasteiger partial charge in [0.25, 0.3) is 0 Å². The largest absolute Gasteiger partial charge is 0.337 e. The summed E-state index contributed by atoms with van der Waals surface area (Å²) in [6.07, 6.45) is 0. The smallest absolute Gasteiger partial charge is 0.244 e. The first-order chi connectivity index (χ1) is 11.9. The van der Waals surface area contributed by atoms with E-state index >= 15 is 0 Å². The van der Waals surface area contributed by atoms with Crippen molar-refractivity contribution in [1.29, 1.82) is 0 Å². The Hall–Kier alpha value is -2.22. The number of aryl methyl sites for hydroxylation is 1. The maximum atomic E-state index is 12.4. The van der Waals surface area contributed by atoms with Crippen LogP contribution in [0.2, 0.25) is 5.02 Å². The fourth-order valence-corrected chi connectivity index (χ4v) is 3.63. The Morgan fingerprint density at radius 1 is 1.12 bits per heavy atom. The van der Waals surface area contributed by atoms with Crippen molar-refractivity contribution in [3.63, 3.8) is 0 Å². The first kappa shape index (κ1) is 17.6. The molecule has 0 aliphatic heterocycles. The lowest BCUT2D eigenvalue weighted by atomic mass is 10.1. The highest BCUT2D eigenvalue weighted by atomic mass is 35.5. The molecule has 0 spiro atoms. The molecule has 0 amide bonds. The molecule has 25 heavy (non-hydrogen) atoms. The van der Waals surface area contributed by atoms with Crippen LogP contribution in [0, 0.1) is 6.92 Å². The highest BCUT2D eigenvalue weighted by Gasteiger charge is 2.23. The van der Waals surface area contributed by atoms with Gasteiger partial charge in [-0.25, -0.2) is 8.42 Å². The third kappa shape index (κ3) is 3.89. The Bertz CT molecular complexity index is 984. The van der Waals surface area contributed by atoms with Crippen LogP contribution in [0.4, 0.5) is 0 Å². The highest BCUT2D eigenvalue weighted by molar-refractivity contribution is 7.89. The average Bonchev–Trinajstić information content (AvgIpc) is 3.05. The number of nitrogens with one attached hydrogen (secondary N) is 1. The number of hydrogen-bond acceptors (Lipinski definition) is 5. The number of hydrogen-bond donors (Lipinski definition) is 1. The van der Waals surface area contributed by atoms with Gasteiger partial charge in [-0.2, -0.15) is 9.71 Å². The van der Waals surface area contributed by atoms with Gasteiger partial charge in [-0.05, 0) is 43.7 Å². The van der Waals surface area contributed by atoms with E-state index in [1.54, 1.807) is 6.92 Å². The minimum absolute atomic E-state index is 0.113. The fourth-order valence-electron chi connectivity index (χ4n) is 2.31. The van der Waals surface area contributed by atoms with Gasteiger partial charge in [0.1, 0.15) is 0 Å². The Kier molecular flexibility index (Phi) is 4.89. The first-order valence-electron chi connectivity index (χ1n) is 7.54. The molecule has 1 aromatic heterocycles. The van der Waals surface area contributed by atoms with Crippen LogP contribution in [0.15, 0.2) is 57.9 Å². The maximum Gasteiger partial charge on any atom is 0.244 e. The summed E-state index contributed by atoms with van der Waals surface area (Å²) in [6, 6.07) is 12.9. The molecule has 0 unspecified atom stereocenters. The third-order valence-corrected chi connectivity index (χ3v) is 5.46. The molecule has 0 aliphatic carbocycles. The van der Waals surface area contributed by atoms with E-state index in [1.807, 2.05) is 31.2 Å². The molecule has 2 aromatic carbocycles. The summed E-state index contributed by atoms with van der Waals surface area (Å²) in [7, 11) is -3.72. The predicted molar refractivity (Wildman–Crippen MR) is 94.7 cm³/mol. The lowest BCUT2D eigenvalue weighted by Crippen LogP contribution is -2.27. The molecule has 1 heterocycles. The van der Waals surface area contributed by atoms with Crippen molar-refractivity contribution in [2.45, 2.75) is 24.8 Å². The van der Waals surface area contributed by atoms with Gasteiger partial charge in [0.15, 0.2) is 0 Å². The van der Waals surface area contributed by atoms with Crippen LogP contribution >= 0.6 is 11.6 Å². The summed E-state index contributed by atoms with van der Waals surface area (Å²) in [4.78, 5) is 4.42. The number of aromatic nitrogens is 2. The fraction of sp³-hybridized carbons (Fsp3) is 0.176. The molecule has 6 nitrogen and oxygen atoms in total. The van der Waals surface area contributed by atoms with Crippen molar-refractivity contribution < 1.29 is 12.9 Å². The molecular weight excluding hydrogens is 362 g/mol. The van der Waals surface area contributed by atoms with E-state index in [4.69, 9.17) is 16.1 Å². The molecule has 0 bridgehead atoms. The molecule has 1 N–H and O–H groups in total. The van der Waals surface area contributed by atoms with Crippen LogP contribution in [-0.2, 0) is 10.0 Å². The molecule has 0 fully saturated rings. The van der Waals surface area contributed by atoms with Gasteiger partial charge in [-0.15, -0.1) is 0 Å². The SMILES string of the molecule is Cc1ccccc1-c1noc([C@@H](C)NS(=O)(=O)c2ccc(Cl)cc2)n1. The molecule has 0 saturated heterocycles. The highest BCUT2D eigenvalue weighted by Crippen LogP contribution is 2.23. The summed E-state index contributed by atoms with van der Waals surface area (Å²) >= 11 is 5.79. The third-order valence-electron chi connectivity index (χ3n) is 3.65. The Labute approximate surface area is 150 Å². The van der Waals surface area contributed by atoms with Gasteiger partial charge in [-0.3, -0.25) is 0 Å². The predicted octanol–water partition coefficient (Wildman–Crippen LogP) is 3.74. The van der Waals surface area contributed by atoms with E-state index in [9.17, 15) is 8.42 Å². The Balaban J connectivity index is 1.81. The average molecular weight is 378 g/mol. The summed E-state index contributed by atoms with van der Waals surface area (Å²) < 4.78 is 32.6. The minimum Gasteiger partial charge on any atom is -0.337 e. The number of nitrogens with zero attached hydrogens (tertiary/aromatic N) is 2. The van der Waals surface area contributed by atoms with E-state index < -0.39 is 16.1 Å². The topological polar surface area (TPSA) is 85.1 Å². The zero-order valence-corrected chi connectivity index (χ0v) is 15.2. The number of sulfonamides is 1. The molecule has 0 aliphatic rings. The second kappa shape index (κ2) is 6.95. The summed E-state index contributed by atoms with van der Waals surface area (Å²) in [6.45, 7) is 3.58. The van der Waals surface area contributed by atoms with E-state index in [-0.39, 0.29) is 10.8 Å². The lowest BCUT2D eigenvalue weighted by Gasteiger charge is -2.10. The lowest BCUT2D eigenvalue weighted by molar-refractivity contribution is 0.354. The van der Waals surface area contributed by atoms with Crippen molar-refractivity contribution in [3.05, 3.63) is 65.0 Å². The molecule has 8 heteroatoms. The summed E-state index contributed by atoms with van der Waals surface area (Å²) in [5, 5.41) is 4.41. The van der Waals surface area contributed by atoms with E-state index in [0.29, 0.717) is 10.8 Å². The van der Waals surface area contributed by atoms with E-state index in [1.165, 1.54) is 24.3 Å². The van der Waals surface area contributed by atoms with Crippen LogP contribution in [0.25, 0.3) is 11.4 Å². The maximum absolute atomic E-state index is 12.4. The van der Waals surface area contributed by atoms with Gasteiger partial charge >= 0.3 is 0 Å². The van der Waals surface area contributed by atoms with Gasteiger partial charge in [0, 0.05) is 10.6 Å². The molecule has 3 rings (SSSR count). The van der Waals surface area contributed by atoms with Crippen molar-refractivity contribution in [2.24, 2.45) is 0 Å². The van der Waals surface area contributed by atoms with Crippen LogP contribution in [0.1, 0.15) is 24.4 Å². The molecular formula is C17H16ClN3O3S. The van der Waals surface area contributed by atoms with Crippen molar-refractivity contribution in [1.82, 2.24) is 14.9 Å². The van der Waals surface area contributed by atoms with Crippen LogP contribution in [0.5, 0.6) is 0 Å². The van der Waals surface area contributed by atoms with Crippen LogP contribution in [0.3, 0.4) is 0 Å². The van der Waals surface area contributed by atoms with Gasteiger partial charge in [0.2, 0.25) is 21.7 Å². The van der Waals surface area contributed by atoms with Crippen molar-refractivity contribution >= 4 is 21.6 Å². The second-order valence-corrected chi connectivity index (χ2v) is 7.72. The monoisotopic (exact) mass is 377 g/mol. The number of benzene rings is 2. The Morgan fingerprint density at radius 3 is 2.48 bits per heavy atom. The van der Waals surface area contributed by atoms with Gasteiger partial charge < -0.3 is 4.52 Å². The summed E-state index contributed by atoms with van der Waals surface area (Å²) in [5.41, 5.74) is 1.84. The summed E-state index contributed by atoms with van der Waals surface area (Å²) in [5.74, 6) is 0.612. The zero-order valence-electron chi connectivity index (χ0n) is 13.6. The van der Waals surface area contributed by atoms with Crippen LogP contribution in [-0.4, -0.2) is 18.6 Å². The number of halogens is 1.